The molecule has 5 rings (SSSR count). The summed E-state index contributed by atoms with van der Waals surface area (Å²) >= 11 is 5.97. The van der Waals surface area contributed by atoms with Gasteiger partial charge < -0.3 is 9.47 Å². The Bertz CT molecular complexity index is 1460. The fraction of sp³-hybridized carbons (Fsp3) is 0.259. The number of anilines is 1. The quantitative estimate of drug-likeness (QED) is 0.403. The summed E-state index contributed by atoms with van der Waals surface area (Å²) in [4.78, 5) is 27.7. The lowest BCUT2D eigenvalue weighted by Crippen LogP contribution is -2.45. The number of hydrogen-bond donors (Lipinski definition) is 0. The fourth-order valence-corrected chi connectivity index (χ4v) is 6.14. The first-order chi connectivity index (χ1) is 17.6. The zero-order valence-corrected chi connectivity index (χ0v) is 21.8. The maximum absolute atomic E-state index is 13.8. The Kier molecular flexibility index (Phi) is 6.70. The van der Waals surface area contributed by atoms with Crippen molar-refractivity contribution in [2.75, 3.05) is 11.7 Å². The molecule has 2 aliphatic rings. The summed E-state index contributed by atoms with van der Waals surface area (Å²) in [7, 11) is -4.19. The number of hydrogen-bond acceptors (Lipinski definition) is 6. The predicted octanol–water partition coefficient (Wildman–Crippen LogP) is 4.72. The van der Waals surface area contributed by atoms with Crippen LogP contribution < -0.4 is 14.4 Å². The van der Waals surface area contributed by atoms with E-state index in [4.69, 9.17) is 21.1 Å². The van der Waals surface area contributed by atoms with E-state index in [1.165, 1.54) is 24.3 Å². The van der Waals surface area contributed by atoms with E-state index in [0.29, 0.717) is 27.8 Å². The topological polar surface area (TPSA) is 93.2 Å². The van der Waals surface area contributed by atoms with Crippen molar-refractivity contribution >= 4 is 39.1 Å². The van der Waals surface area contributed by atoms with E-state index in [9.17, 15) is 18.0 Å². The molecule has 2 amide bonds. The number of benzene rings is 3. The zero-order chi connectivity index (χ0) is 26.3. The standard InChI is InChI=1S/C27H25ClN2O6S/c1-17(2)19-4-8-21(9-5-19)30-26(31)14-23(27(30)32)29(37(33,34)22-10-6-20(28)7-11-22)15-18-3-12-24-25(13-18)36-16-35-24/h3-13,17,23H,14-16H2,1-2H3. The molecular formula is C27H25ClN2O6S. The Morgan fingerprint density at radius 3 is 2.32 bits per heavy atom. The molecule has 2 heterocycles. The van der Waals surface area contributed by atoms with Gasteiger partial charge in [-0.05, 0) is 65.6 Å². The summed E-state index contributed by atoms with van der Waals surface area (Å²) in [6, 6.07) is 16.7. The number of nitrogens with zero attached hydrogens (tertiary/aromatic N) is 2. The van der Waals surface area contributed by atoms with Crippen LogP contribution >= 0.6 is 11.6 Å². The van der Waals surface area contributed by atoms with Crippen molar-refractivity contribution in [2.45, 2.75) is 43.7 Å². The molecule has 0 bridgehead atoms. The number of rotatable bonds is 7. The molecule has 3 aromatic rings. The molecule has 0 aromatic heterocycles. The SMILES string of the molecule is CC(C)c1ccc(N2C(=O)CC(N(Cc3ccc4c(c3)OCO4)S(=O)(=O)c3ccc(Cl)cc3)C2=O)cc1. The highest BCUT2D eigenvalue weighted by Gasteiger charge is 2.47. The van der Waals surface area contributed by atoms with Crippen LogP contribution in [0.1, 0.15) is 37.3 Å². The smallest absolute Gasteiger partial charge is 0.252 e. The van der Waals surface area contributed by atoms with Crippen LogP contribution in [0.5, 0.6) is 11.5 Å². The first kappa shape index (κ1) is 25.3. The van der Waals surface area contributed by atoms with Gasteiger partial charge >= 0.3 is 0 Å². The van der Waals surface area contributed by atoms with Crippen LogP contribution in [0.2, 0.25) is 5.02 Å². The van der Waals surface area contributed by atoms with Crippen molar-refractivity contribution in [3.05, 3.63) is 82.9 Å². The summed E-state index contributed by atoms with van der Waals surface area (Å²) in [5, 5.41) is 0.379. The number of amides is 2. The molecule has 10 heteroatoms. The van der Waals surface area contributed by atoms with Gasteiger partial charge in [-0.25, -0.2) is 13.3 Å². The first-order valence-corrected chi connectivity index (χ1v) is 13.6. The molecule has 1 fully saturated rings. The molecule has 1 saturated heterocycles. The number of carbonyl (C=O) groups is 2. The van der Waals surface area contributed by atoms with Crippen LogP contribution in [0, 0.1) is 0 Å². The van der Waals surface area contributed by atoms with Crippen molar-refractivity contribution in [2.24, 2.45) is 0 Å². The summed E-state index contributed by atoms with van der Waals surface area (Å²) < 4.78 is 39.5. The fourth-order valence-electron chi connectivity index (χ4n) is 4.44. The Balaban J connectivity index is 1.52. The monoisotopic (exact) mass is 540 g/mol. The number of ether oxygens (including phenoxy) is 2. The maximum atomic E-state index is 13.8. The molecule has 0 radical (unpaired) electrons. The summed E-state index contributed by atoms with van der Waals surface area (Å²) in [6.45, 7) is 4.02. The second-order valence-electron chi connectivity index (χ2n) is 9.23. The van der Waals surface area contributed by atoms with Crippen molar-refractivity contribution < 1.29 is 27.5 Å². The van der Waals surface area contributed by atoms with Crippen molar-refractivity contribution in [3.8, 4) is 11.5 Å². The molecule has 0 N–H and O–H groups in total. The number of halogens is 1. The molecule has 2 aliphatic heterocycles. The normalized spacial score (nSPS) is 17.3. The summed E-state index contributed by atoms with van der Waals surface area (Å²) in [5.74, 6) is 0.268. The van der Waals surface area contributed by atoms with E-state index in [1.807, 2.05) is 26.0 Å². The molecule has 0 aliphatic carbocycles. The molecule has 0 spiro atoms. The lowest BCUT2D eigenvalue weighted by atomic mass is 10.0. The van der Waals surface area contributed by atoms with Gasteiger partial charge in [0.05, 0.1) is 17.0 Å². The van der Waals surface area contributed by atoms with E-state index in [2.05, 4.69) is 0 Å². The largest absolute Gasteiger partial charge is 0.454 e. The van der Waals surface area contributed by atoms with E-state index in [-0.39, 0.29) is 30.6 Å². The summed E-state index contributed by atoms with van der Waals surface area (Å²) in [6.07, 6.45) is -0.276. The highest BCUT2D eigenvalue weighted by atomic mass is 35.5. The van der Waals surface area contributed by atoms with Crippen molar-refractivity contribution in [1.29, 1.82) is 0 Å². The van der Waals surface area contributed by atoms with E-state index in [0.717, 1.165) is 14.8 Å². The second-order valence-corrected chi connectivity index (χ2v) is 11.6. The van der Waals surface area contributed by atoms with Gasteiger partial charge in [-0.15, -0.1) is 0 Å². The average Bonchev–Trinajstić information content (AvgIpc) is 3.46. The van der Waals surface area contributed by atoms with Crippen molar-refractivity contribution in [1.82, 2.24) is 4.31 Å². The number of carbonyl (C=O) groups excluding carboxylic acids is 2. The Morgan fingerprint density at radius 1 is 0.973 bits per heavy atom. The van der Waals surface area contributed by atoms with E-state index >= 15 is 0 Å². The molecule has 8 nitrogen and oxygen atoms in total. The van der Waals surface area contributed by atoms with Gasteiger partial charge in [0.15, 0.2) is 11.5 Å². The van der Waals surface area contributed by atoms with Gasteiger partial charge in [-0.1, -0.05) is 43.6 Å². The van der Waals surface area contributed by atoms with Gasteiger partial charge in [0.1, 0.15) is 6.04 Å². The third kappa shape index (κ3) is 4.82. The van der Waals surface area contributed by atoms with Crippen LogP contribution in [-0.2, 0) is 26.2 Å². The van der Waals surface area contributed by atoms with Gasteiger partial charge in [-0.2, -0.15) is 4.31 Å². The third-order valence-electron chi connectivity index (χ3n) is 6.48. The van der Waals surface area contributed by atoms with Crippen LogP contribution in [0.25, 0.3) is 0 Å². The summed E-state index contributed by atoms with van der Waals surface area (Å²) in [5.41, 5.74) is 2.06. The Labute approximate surface area is 220 Å². The third-order valence-corrected chi connectivity index (χ3v) is 8.60. The first-order valence-electron chi connectivity index (χ1n) is 11.8. The van der Waals surface area contributed by atoms with E-state index < -0.39 is 27.9 Å². The molecule has 1 unspecified atom stereocenters. The Hall–Kier alpha value is -3.40. The number of sulfonamides is 1. The zero-order valence-electron chi connectivity index (χ0n) is 20.3. The predicted molar refractivity (Wildman–Crippen MR) is 138 cm³/mol. The minimum Gasteiger partial charge on any atom is -0.454 e. The van der Waals surface area contributed by atoms with Gasteiger partial charge in [0, 0.05) is 11.6 Å². The Morgan fingerprint density at radius 2 is 1.65 bits per heavy atom. The maximum Gasteiger partial charge on any atom is 0.252 e. The number of fused-ring (bicyclic) bond motifs is 1. The minimum atomic E-state index is -4.19. The lowest BCUT2D eigenvalue weighted by Gasteiger charge is -2.27. The van der Waals surface area contributed by atoms with Crippen molar-refractivity contribution in [3.63, 3.8) is 0 Å². The van der Waals surface area contributed by atoms with E-state index in [1.54, 1.807) is 30.3 Å². The molecular weight excluding hydrogens is 516 g/mol. The molecule has 1 atom stereocenters. The highest BCUT2D eigenvalue weighted by molar-refractivity contribution is 7.89. The highest BCUT2D eigenvalue weighted by Crippen LogP contribution is 2.35. The molecule has 192 valence electrons. The van der Waals surface area contributed by atoms with Gasteiger partial charge in [0.25, 0.3) is 5.91 Å². The molecule has 3 aromatic carbocycles. The molecule has 37 heavy (non-hydrogen) atoms. The number of imide groups is 1. The minimum absolute atomic E-state index is 0.0300. The molecule has 0 saturated carbocycles. The lowest BCUT2D eigenvalue weighted by molar-refractivity contribution is -0.122. The van der Waals surface area contributed by atoms with Gasteiger partial charge in [0.2, 0.25) is 22.7 Å². The van der Waals surface area contributed by atoms with Crippen LogP contribution in [0.15, 0.2) is 71.6 Å². The second kappa shape index (κ2) is 9.81. The van der Waals surface area contributed by atoms with Crippen LogP contribution in [-0.4, -0.2) is 37.4 Å². The van der Waals surface area contributed by atoms with Crippen LogP contribution in [0.3, 0.4) is 0 Å². The van der Waals surface area contributed by atoms with Gasteiger partial charge in [-0.3, -0.25) is 9.59 Å². The van der Waals surface area contributed by atoms with Crippen LogP contribution in [0.4, 0.5) is 5.69 Å². The average molecular weight is 541 g/mol.